The number of hydrogen-bond acceptors (Lipinski definition) is 4. The van der Waals surface area contributed by atoms with Gasteiger partial charge in [0.2, 0.25) is 0 Å². The summed E-state index contributed by atoms with van der Waals surface area (Å²) in [6, 6.07) is 8.31. The molecule has 2 aromatic carbocycles. The molecule has 1 amide bonds. The number of nitrogens with one attached hydrogen (secondary N) is 1. The van der Waals surface area contributed by atoms with Crippen LogP contribution in [0.1, 0.15) is 34.5 Å². The number of rotatable bonds is 5. The number of ether oxygens (including phenoxy) is 1. The fourth-order valence-corrected chi connectivity index (χ4v) is 3.07. The molecule has 0 unspecified atom stereocenters. The molecule has 1 heterocycles. The molecule has 32 heavy (non-hydrogen) atoms. The van der Waals surface area contributed by atoms with Crippen LogP contribution in [0.3, 0.4) is 0 Å². The molecule has 3 rings (SSSR count). The number of nitrogens with zero attached hydrogens (tertiary/aromatic N) is 1. The number of carbonyl (C=O) groups is 1. The highest BCUT2D eigenvalue weighted by molar-refractivity contribution is 5.94. The van der Waals surface area contributed by atoms with Crippen molar-refractivity contribution in [2.24, 2.45) is 0 Å². The summed E-state index contributed by atoms with van der Waals surface area (Å²) in [6.45, 7) is 1.49. The molecule has 3 aromatic rings. The quantitative estimate of drug-likeness (QED) is 0.454. The fraction of sp³-hybridized carbons (Fsp3) is 0.182. The van der Waals surface area contributed by atoms with Crippen LogP contribution in [-0.2, 0) is 6.18 Å². The Hall–Kier alpha value is -3.82. The Bertz CT molecular complexity index is 1220. The number of pyridine rings is 1. The Morgan fingerprint density at radius 1 is 1.12 bits per heavy atom. The third-order valence-electron chi connectivity index (χ3n) is 4.74. The number of nitrogens with two attached hydrogens (primary N) is 1. The van der Waals surface area contributed by atoms with Gasteiger partial charge in [0.25, 0.3) is 11.5 Å². The molecular weight excluding hydrogens is 430 g/mol. The molecule has 3 N–H and O–H groups in total. The number of nitrogen functional groups attached to an aromatic ring is 1. The Kier molecular flexibility index (Phi) is 6.24. The van der Waals surface area contributed by atoms with Crippen LogP contribution in [0.25, 0.3) is 5.69 Å². The predicted octanol–water partition coefficient (Wildman–Crippen LogP) is 4.08. The molecule has 0 bridgehead atoms. The Balaban J connectivity index is 1.91. The zero-order valence-electron chi connectivity index (χ0n) is 17.0. The first kappa shape index (κ1) is 22.9. The number of halogens is 4. The summed E-state index contributed by atoms with van der Waals surface area (Å²) < 4.78 is 59.4. The number of amides is 1. The normalized spacial score (nSPS) is 12.3. The van der Waals surface area contributed by atoms with Crippen LogP contribution in [0.2, 0.25) is 0 Å². The maximum absolute atomic E-state index is 14.3. The van der Waals surface area contributed by atoms with Gasteiger partial charge >= 0.3 is 6.18 Å². The average molecular weight is 449 g/mol. The van der Waals surface area contributed by atoms with Crippen molar-refractivity contribution in [1.29, 1.82) is 0 Å². The molecular formula is C22H19F4N3O3. The highest BCUT2D eigenvalue weighted by Gasteiger charge is 2.31. The lowest BCUT2D eigenvalue weighted by molar-refractivity contribution is -0.137. The first-order valence-electron chi connectivity index (χ1n) is 9.34. The van der Waals surface area contributed by atoms with E-state index in [4.69, 9.17) is 10.5 Å². The highest BCUT2D eigenvalue weighted by Crippen LogP contribution is 2.32. The second-order valence-corrected chi connectivity index (χ2v) is 7.02. The van der Waals surface area contributed by atoms with E-state index in [9.17, 15) is 27.2 Å². The number of benzene rings is 2. The summed E-state index contributed by atoms with van der Waals surface area (Å²) in [5.74, 6) is -1.08. The van der Waals surface area contributed by atoms with Gasteiger partial charge in [-0.3, -0.25) is 14.2 Å². The van der Waals surface area contributed by atoms with Crippen LogP contribution >= 0.6 is 0 Å². The summed E-state index contributed by atoms with van der Waals surface area (Å²) in [5.41, 5.74) is 3.98. The summed E-state index contributed by atoms with van der Waals surface area (Å²) in [4.78, 5) is 25.0. The summed E-state index contributed by atoms with van der Waals surface area (Å²) in [5, 5.41) is 2.56. The van der Waals surface area contributed by atoms with Crippen molar-refractivity contribution in [3.8, 4) is 11.4 Å². The maximum Gasteiger partial charge on any atom is 0.416 e. The van der Waals surface area contributed by atoms with E-state index in [0.29, 0.717) is 5.75 Å². The zero-order chi connectivity index (χ0) is 23.6. The molecule has 1 aromatic heterocycles. The number of carbonyl (C=O) groups excluding carboxylic acids is 1. The third-order valence-corrected chi connectivity index (χ3v) is 4.74. The van der Waals surface area contributed by atoms with Crippen LogP contribution in [0.15, 0.2) is 59.5 Å². The van der Waals surface area contributed by atoms with Crippen molar-refractivity contribution in [2.45, 2.75) is 19.1 Å². The van der Waals surface area contributed by atoms with E-state index in [0.717, 1.165) is 35.0 Å². The number of anilines is 1. The van der Waals surface area contributed by atoms with Crippen LogP contribution in [0.4, 0.5) is 23.2 Å². The predicted molar refractivity (Wildman–Crippen MR) is 110 cm³/mol. The van der Waals surface area contributed by atoms with Crippen LogP contribution in [-0.4, -0.2) is 17.6 Å². The van der Waals surface area contributed by atoms with Crippen molar-refractivity contribution in [2.75, 3.05) is 12.8 Å². The molecule has 1 atom stereocenters. The lowest BCUT2D eigenvalue weighted by Crippen LogP contribution is -2.29. The molecule has 0 fully saturated rings. The molecule has 0 saturated carbocycles. The third kappa shape index (κ3) is 4.90. The molecule has 10 heteroatoms. The minimum absolute atomic E-state index is 0.00128. The van der Waals surface area contributed by atoms with E-state index < -0.39 is 35.1 Å². The summed E-state index contributed by atoms with van der Waals surface area (Å²) in [6.07, 6.45) is -3.45. The van der Waals surface area contributed by atoms with Gasteiger partial charge in [-0.25, -0.2) is 4.39 Å². The number of hydrogen-bond donors (Lipinski definition) is 2. The molecule has 0 aliphatic carbocycles. The van der Waals surface area contributed by atoms with Crippen LogP contribution < -0.4 is 21.3 Å². The van der Waals surface area contributed by atoms with E-state index in [1.54, 1.807) is 0 Å². The first-order valence-corrected chi connectivity index (χ1v) is 9.34. The summed E-state index contributed by atoms with van der Waals surface area (Å²) in [7, 11) is 1.38. The lowest BCUT2D eigenvalue weighted by atomic mass is 10.0. The zero-order valence-corrected chi connectivity index (χ0v) is 17.0. The Morgan fingerprint density at radius 3 is 2.50 bits per heavy atom. The van der Waals surface area contributed by atoms with Gasteiger partial charge in [-0.05, 0) is 48.9 Å². The van der Waals surface area contributed by atoms with Gasteiger partial charge in [-0.2, -0.15) is 13.2 Å². The topological polar surface area (TPSA) is 86.3 Å². The van der Waals surface area contributed by atoms with Crippen molar-refractivity contribution in [3.63, 3.8) is 0 Å². The Labute approximate surface area is 180 Å². The largest absolute Gasteiger partial charge is 0.497 e. The monoisotopic (exact) mass is 449 g/mol. The van der Waals surface area contributed by atoms with E-state index >= 15 is 0 Å². The SMILES string of the molecule is COc1ccc(F)c(-n2cc(C(=O)N[C@H](C)c3cc(N)cc(C(F)(F)F)c3)ccc2=O)c1. The van der Waals surface area contributed by atoms with Gasteiger partial charge in [0.1, 0.15) is 11.6 Å². The van der Waals surface area contributed by atoms with Crippen molar-refractivity contribution in [3.05, 3.63) is 87.6 Å². The van der Waals surface area contributed by atoms with Crippen LogP contribution in [0.5, 0.6) is 5.75 Å². The van der Waals surface area contributed by atoms with Crippen molar-refractivity contribution >= 4 is 11.6 Å². The fourth-order valence-electron chi connectivity index (χ4n) is 3.07. The summed E-state index contributed by atoms with van der Waals surface area (Å²) >= 11 is 0. The average Bonchev–Trinajstić information content (AvgIpc) is 2.73. The standard InChI is InChI=1S/C22H19F4N3O3/c1-12(14-7-15(22(24,25)26)9-16(27)8-14)28-21(31)13-3-6-20(30)29(11-13)19-10-17(32-2)4-5-18(19)23/h3-12H,27H2,1-2H3,(H,28,31)/t12-/m1/s1. The van der Waals surface area contributed by atoms with Gasteiger partial charge in [0, 0.05) is 24.0 Å². The second-order valence-electron chi connectivity index (χ2n) is 7.02. The number of methoxy groups -OCH3 is 1. The van der Waals surface area contributed by atoms with E-state index in [-0.39, 0.29) is 22.5 Å². The van der Waals surface area contributed by atoms with Crippen molar-refractivity contribution < 1.29 is 27.1 Å². The van der Waals surface area contributed by atoms with Gasteiger partial charge in [-0.15, -0.1) is 0 Å². The molecule has 0 saturated heterocycles. The van der Waals surface area contributed by atoms with Crippen molar-refractivity contribution in [1.82, 2.24) is 9.88 Å². The van der Waals surface area contributed by atoms with Gasteiger partial charge in [-0.1, -0.05) is 0 Å². The van der Waals surface area contributed by atoms with Crippen LogP contribution in [0, 0.1) is 5.82 Å². The van der Waals surface area contributed by atoms with Gasteiger partial charge in [0.05, 0.1) is 30.0 Å². The number of aromatic nitrogens is 1. The second kappa shape index (κ2) is 8.74. The molecule has 6 nitrogen and oxygen atoms in total. The van der Waals surface area contributed by atoms with Gasteiger partial charge in [0.15, 0.2) is 0 Å². The Morgan fingerprint density at radius 2 is 1.84 bits per heavy atom. The smallest absolute Gasteiger partial charge is 0.416 e. The minimum Gasteiger partial charge on any atom is -0.497 e. The highest BCUT2D eigenvalue weighted by atomic mass is 19.4. The molecule has 0 aliphatic rings. The first-order chi connectivity index (χ1) is 15.0. The van der Waals surface area contributed by atoms with E-state index in [2.05, 4.69) is 5.32 Å². The maximum atomic E-state index is 14.3. The molecule has 168 valence electrons. The van der Waals surface area contributed by atoms with E-state index in [1.807, 2.05) is 0 Å². The molecule has 0 aliphatic heterocycles. The number of alkyl halides is 3. The lowest BCUT2D eigenvalue weighted by Gasteiger charge is -2.18. The minimum atomic E-state index is -4.59. The van der Waals surface area contributed by atoms with E-state index in [1.165, 1.54) is 38.3 Å². The molecule has 0 radical (unpaired) electrons. The molecule has 0 spiro atoms. The van der Waals surface area contributed by atoms with Gasteiger partial charge < -0.3 is 15.8 Å².